The first-order valence-electron chi connectivity index (χ1n) is 5.18. The average molecular weight is 235 g/mol. The van der Waals surface area contributed by atoms with Crippen LogP contribution in [0, 0.1) is 11.3 Å². The molecule has 3 nitrogen and oxygen atoms in total. The van der Waals surface area contributed by atoms with E-state index >= 15 is 0 Å². The van der Waals surface area contributed by atoms with E-state index in [0.717, 1.165) is 12.8 Å². The van der Waals surface area contributed by atoms with Gasteiger partial charge in [-0.1, -0.05) is 11.6 Å². The van der Waals surface area contributed by atoms with E-state index < -0.39 is 0 Å². The van der Waals surface area contributed by atoms with Crippen molar-refractivity contribution in [2.45, 2.75) is 18.9 Å². The lowest BCUT2D eigenvalue weighted by atomic mass is 10.2. The first-order chi connectivity index (χ1) is 7.72. The summed E-state index contributed by atoms with van der Waals surface area (Å²) in [6.07, 6.45) is 1.67. The largest absolute Gasteiger partial charge is 0.323 e. The van der Waals surface area contributed by atoms with Gasteiger partial charge >= 0.3 is 0 Å². The molecule has 1 aliphatic rings. The van der Waals surface area contributed by atoms with Crippen molar-refractivity contribution in [3.8, 4) is 6.07 Å². The zero-order valence-corrected chi connectivity index (χ0v) is 9.44. The molecule has 0 bridgehead atoms. The van der Waals surface area contributed by atoms with Crippen LogP contribution in [-0.2, 0) is 0 Å². The molecule has 1 atom stereocenters. The first kappa shape index (κ1) is 11.0. The van der Waals surface area contributed by atoms with Crippen molar-refractivity contribution in [1.82, 2.24) is 4.90 Å². The van der Waals surface area contributed by atoms with E-state index in [2.05, 4.69) is 6.07 Å². The van der Waals surface area contributed by atoms with Crippen LogP contribution in [0.1, 0.15) is 23.2 Å². The van der Waals surface area contributed by atoms with Crippen molar-refractivity contribution in [3.05, 3.63) is 34.9 Å². The summed E-state index contributed by atoms with van der Waals surface area (Å²) in [6.45, 7) is 0.666. The van der Waals surface area contributed by atoms with Crippen molar-refractivity contribution >= 4 is 17.5 Å². The maximum atomic E-state index is 12.1. The number of likely N-dealkylation sites (tertiary alicyclic amines) is 1. The fourth-order valence-corrected chi connectivity index (χ4v) is 2.03. The van der Waals surface area contributed by atoms with Crippen LogP contribution in [0.3, 0.4) is 0 Å². The van der Waals surface area contributed by atoms with Gasteiger partial charge in [0.05, 0.1) is 6.07 Å². The molecule has 0 spiro atoms. The molecule has 2 rings (SSSR count). The van der Waals surface area contributed by atoms with Crippen LogP contribution in [0.2, 0.25) is 5.02 Å². The van der Waals surface area contributed by atoms with Crippen molar-refractivity contribution in [1.29, 1.82) is 5.26 Å². The van der Waals surface area contributed by atoms with Gasteiger partial charge in [0, 0.05) is 17.1 Å². The van der Waals surface area contributed by atoms with Gasteiger partial charge in [0.15, 0.2) is 0 Å². The van der Waals surface area contributed by atoms with Gasteiger partial charge < -0.3 is 4.90 Å². The molecule has 0 aliphatic carbocycles. The molecule has 4 heteroatoms. The fraction of sp³-hybridized carbons (Fsp3) is 0.333. The van der Waals surface area contributed by atoms with E-state index in [-0.39, 0.29) is 11.9 Å². The third-order valence-electron chi connectivity index (χ3n) is 2.75. The number of amides is 1. The highest BCUT2D eigenvalue weighted by Gasteiger charge is 2.28. The Morgan fingerprint density at radius 3 is 2.75 bits per heavy atom. The summed E-state index contributed by atoms with van der Waals surface area (Å²) in [4.78, 5) is 13.7. The maximum absolute atomic E-state index is 12.1. The van der Waals surface area contributed by atoms with Crippen LogP contribution in [0.25, 0.3) is 0 Å². The van der Waals surface area contributed by atoms with Gasteiger partial charge in [-0.2, -0.15) is 5.26 Å². The van der Waals surface area contributed by atoms with E-state index in [1.807, 2.05) is 0 Å². The van der Waals surface area contributed by atoms with Crippen LogP contribution in [0.5, 0.6) is 0 Å². The highest BCUT2D eigenvalue weighted by molar-refractivity contribution is 6.30. The minimum absolute atomic E-state index is 0.0827. The first-order valence-corrected chi connectivity index (χ1v) is 5.56. The van der Waals surface area contributed by atoms with E-state index in [1.165, 1.54) is 0 Å². The summed E-state index contributed by atoms with van der Waals surface area (Å²) in [7, 11) is 0. The van der Waals surface area contributed by atoms with Crippen molar-refractivity contribution in [2.24, 2.45) is 0 Å². The molecule has 0 N–H and O–H groups in total. The second kappa shape index (κ2) is 4.54. The molecule has 82 valence electrons. The topological polar surface area (TPSA) is 44.1 Å². The predicted octanol–water partition coefficient (Wildman–Crippen LogP) is 2.47. The van der Waals surface area contributed by atoms with Crippen molar-refractivity contribution < 1.29 is 4.79 Å². The molecule has 1 aromatic rings. The van der Waals surface area contributed by atoms with E-state index in [9.17, 15) is 4.79 Å². The van der Waals surface area contributed by atoms with Gasteiger partial charge in [0.1, 0.15) is 6.04 Å². The molecule has 1 saturated heterocycles. The Morgan fingerprint density at radius 2 is 2.12 bits per heavy atom. The molecule has 1 aromatic carbocycles. The minimum atomic E-state index is -0.275. The number of rotatable bonds is 1. The van der Waals surface area contributed by atoms with Gasteiger partial charge in [-0.05, 0) is 37.1 Å². The highest BCUT2D eigenvalue weighted by atomic mass is 35.5. The van der Waals surface area contributed by atoms with Gasteiger partial charge in [0.2, 0.25) is 0 Å². The third-order valence-corrected chi connectivity index (χ3v) is 3.01. The summed E-state index contributed by atoms with van der Waals surface area (Å²) in [5.74, 6) is -0.0827. The number of halogens is 1. The minimum Gasteiger partial charge on any atom is -0.323 e. The molecule has 1 aliphatic heterocycles. The summed E-state index contributed by atoms with van der Waals surface area (Å²) in [5, 5.41) is 9.52. The molecule has 1 fully saturated rings. The molecule has 0 aromatic heterocycles. The second-order valence-electron chi connectivity index (χ2n) is 3.79. The third kappa shape index (κ3) is 2.02. The Balaban J connectivity index is 2.19. The number of nitriles is 1. The van der Waals surface area contributed by atoms with Crippen LogP contribution in [-0.4, -0.2) is 23.4 Å². The van der Waals surface area contributed by atoms with Gasteiger partial charge in [-0.3, -0.25) is 4.79 Å². The van der Waals surface area contributed by atoms with Crippen LogP contribution in [0.4, 0.5) is 0 Å². The van der Waals surface area contributed by atoms with Gasteiger partial charge in [0.25, 0.3) is 5.91 Å². The Kier molecular flexibility index (Phi) is 3.12. The molecule has 0 saturated carbocycles. The standard InChI is InChI=1S/C12H11ClN2O/c13-10-5-3-9(4-6-10)12(16)15-7-1-2-11(15)8-14/h3-6,11H,1-2,7H2. The lowest BCUT2D eigenvalue weighted by Crippen LogP contribution is -2.34. The lowest BCUT2D eigenvalue weighted by Gasteiger charge is -2.19. The number of benzene rings is 1. The summed E-state index contributed by atoms with van der Waals surface area (Å²) in [6, 6.07) is 8.64. The van der Waals surface area contributed by atoms with Gasteiger partial charge in [-0.25, -0.2) is 0 Å². The van der Waals surface area contributed by atoms with Crippen LogP contribution < -0.4 is 0 Å². The molecular formula is C12H11ClN2O. The van der Waals surface area contributed by atoms with Crippen LogP contribution in [0.15, 0.2) is 24.3 Å². The van der Waals surface area contributed by atoms with Crippen molar-refractivity contribution in [3.63, 3.8) is 0 Å². The van der Waals surface area contributed by atoms with Crippen molar-refractivity contribution in [2.75, 3.05) is 6.54 Å². The fourth-order valence-electron chi connectivity index (χ4n) is 1.90. The molecule has 16 heavy (non-hydrogen) atoms. The van der Waals surface area contributed by atoms with E-state index in [1.54, 1.807) is 29.2 Å². The van der Waals surface area contributed by atoms with E-state index in [4.69, 9.17) is 16.9 Å². The quantitative estimate of drug-likeness (QED) is 0.749. The zero-order valence-electron chi connectivity index (χ0n) is 8.69. The molecule has 1 heterocycles. The summed E-state index contributed by atoms with van der Waals surface area (Å²) >= 11 is 5.75. The molecule has 1 amide bonds. The summed E-state index contributed by atoms with van der Waals surface area (Å²) in [5.41, 5.74) is 0.589. The number of hydrogen-bond acceptors (Lipinski definition) is 2. The smallest absolute Gasteiger partial charge is 0.254 e. The average Bonchev–Trinajstić information content (AvgIpc) is 2.77. The highest BCUT2D eigenvalue weighted by Crippen LogP contribution is 2.20. The SMILES string of the molecule is N#CC1CCCN1C(=O)c1ccc(Cl)cc1. The number of nitrogens with zero attached hydrogens (tertiary/aromatic N) is 2. The second-order valence-corrected chi connectivity index (χ2v) is 4.23. The summed E-state index contributed by atoms with van der Waals surface area (Å²) < 4.78 is 0. The monoisotopic (exact) mass is 234 g/mol. The predicted molar refractivity (Wildman–Crippen MR) is 61.1 cm³/mol. The Hall–Kier alpha value is -1.53. The molecular weight excluding hydrogens is 224 g/mol. The molecule has 1 unspecified atom stereocenters. The normalized spacial score (nSPS) is 19.5. The Bertz CT molecular complexity index is 435. The van der Waals surface area contributed by atoms with Crippen LogP contribution >= 0.6 is 11.6 Å². The van der Waals surface area contributed by atoms with Gasteiger partial charge in [-0.15, -0.1) is 0 Å². The maximum Gasteiger partial charge on any atom is 0.254 e. The number of carbonyl (C=O) groups excluding carboxylic acids is 1. The number of carbonyl (C=O) groups is 1. The zero-order chi connectivity index (χ0) is 11.5. The molecule has 0 radical (unpaired) electrons. The van der Waals surface area contributed by atoms with E-state index in [0.29, 0.717) is 17.1 Å². The Labute approximate surface area is 99.2 Å². The Morgan fingerprint density at radius 1 is 1.44 bits per heavy atom. The number of hydrogen-bond donors (Lipinski definition) is 0. The lowest BCUT2D eigenvalue weighted by molar-refractivity contribution is 0.0765.